The van der Waals surface area contributed by atoms with Crippen LogP contribution in [0.5, 0.6) is 0 Å². The molecule has 0 amide bonds. The molecule has 3 rings (SSSR count). The molecule has 1 N–H and O–H groups in total. The Balaban J connectivity index is 0.00000103. The second-order valence-electron chi connectivity index (χ2n) is 9.25. The molecular formula is C27H32N2O11S3. The van der Waals surface area contributed by atoms with E-state index in [4.69, 9.17) is 30.0 Å². The quantitative estimate of drug-likeness (QED) is 0.161. The van der Waals surface area contributed by atoms with E-state index in [0.717, 1.165) is 29.1 Å². The summed E-state index contributed by atoms with van der Waals surface area (Å²) in [6, 6.07) is 15.2. The highest BCUT2D eigenvalue weighted by Gasteiger charge is 2.46. The van der Waals surface area contributed by atoms with Gasteiger partial charge in [0.1, 0.15) is 6.54 Å². The van der Waals surface area contributed by atoms with Gasteiger partial charge in [-0.1, -0.05) is 37.3 Å². The predicted molar refractivity (Wildman–Crippen MR) is 157 cm³/mol. The summed E-state index contributed by atoms with van der Waals surface area (Å²) >= 11 is 0. The molecule has 0 atom stereocenters. The Bertz CT molecular complexity index is 1640. The highest BCUT2D eigenvalue weighted by Crippen LogP contribution is 2.42. The van der Waals surface area contributed by atoms with Crippen molar-refractivity contribution in [3.8, 4) is 0 Å². The van der Waals surface area contributed by atoms with Crippen LogP contribution in [0.25, 0.3) is 0 Å². The van der Waals surface area contributed by atoms with Gasteiger partial charge in [-0.15, -0.1) is 25.3 Å². The number of hydrogen-bond acceptors (Lipinski definition) is 12. The summed E-state index contributed by atoms with van der Waals surface area (Å²) in [5, 5.41) is 3.20. The van der Waals surface area contributed by atoms with Crippen LogP contribution in [0.3, 0.4) is 0 Å². The Morgan fingerprint density at radius 2 is 1.58 bits per heavy atom. The zero-order valence-electron chi connectivity index (χ0n) is 23.6. The Labute approximate surface area is 253 Å². The fourth-order valence-corrected chi connectivity index (χ4v) is 4.76. The van der Waals surface area contributed by atoms with Gasteiger partial charge >= 0.3 is 27.2 Å². The molecule has 1 aliphatic heterocycles. The highest BCUT2D eigenvalue weighted by atomic mass is 32.2. The molecule has 0 radical (unpaired) electrons. The topological polar surface area (TPSA) is 201 Å². The van der Waals surface area contributed by atoms with Crippen LogP contribution in [0.4, 0.5) is 11.4 Å². The van der Waals surface area contributed by atoms with Crippen molar-refractivity contribution in [2.45, 2.75) is 39.0 Å². The van der Waals surface area contributed by atoms with Crippen LogP contribution >= 0.6 is 0 Å². The fourth-order valence-electron chi connectivity index (χ4n) is 4.28. The molecule has 234 valence electrons. The number of allylic oxidation sites excluding steroid dienone is 3. The first-order valence-electron chi connectivity index (χ1n) is 12.7. The number of carbonyl (C=O) groups is 1. The number of fused-ring (bicyclic) bond motifs is 1. The second kappa shape index (κ2) is 17.8. The zero-order valence-corrected chi connectivity index (χ0v) is 26.1. The van der Waals surface area contributed by atoms with Crippen LogP contribution in [-0.2, 0) is 41.5 Å². The average Bonchev–Trinajstić information content (AvgIpc) is 3.12. The van der Waals surface area contributed by atoms with E-state index in [0.29, 0.717) is 18.7 Å². The minimum atomic E-state index is -4.32. The third-order valence-electron chi connectivity index (χ3n) is 5.81. The standard InChI is InChI=1S/C27H32N2O5S.2O3S/c1-4-19-34-26(30)22-14-10-15-23-25(22)27(2,3)24(29(23)18-11-20-35(31,32)33)16-8-9-17-28-21-12-6-5-7-13-21;2*1-4(2)3/h5-10,12-17H,4,11,18-20H2,1-3H3,(H,31,32,33);;. The van der Waals surface area contributed by atoms with Gasteiger partial charge in [0.25, 0.3) is 0 Å². The second-order valence-corrected chi connectivity index (χ2v) is 11.6. The van der Waals surface area contributed by atoms with E-state index in [1.54, 1.807) is 12.1 Å². The molecule has 1 aliphatic rings. The highest BCUT2D eigenvalue weighted by molar-refractivity contribution is 7.85. The lowest BCUT2D eigenvalue weighted by Crippen LogP contribution is -2.29. The van der Waals surface area contributed by atoms with E-state index in [-0.39, 0.29) is 12.4 Å². The SMILES string of the molecule is CCCOC(=O)c1cccc2c1C(C)(C)C(/C=C/C=C/Nc1ccccc1)=[N+]2CCCS(=O)(=O)[O-].O=S(=O)=O.O=S(=O)=O. The van der Waals surface area contributed by atoms with E-state index in [1.165, 1.54) is 0 Å². The van der Waals surface area contributed by atoms with E-state index in [1.807, 2.05) is 86.2 Å². The van der Waals surface area contributed by atoms with Gasteiger partial charge in [0.15, 0.2) is 5.71 Å². The van der Waals surface area contributed by atoms with Gasteiger partial charge in [-0.05, 0) is 44.5 Å². The van der Waals surface area contributed by atoms with Crippen molar-refractivity contribution in [2.75, 3.05) is 24.2 Å². The molecule has 0 saturated heterocycles. The van der Waals surface area contributed by atoms with E-state index < -0.39 is 42.5 Å². The first kappa shape index (κ1) is 37.0. The number of benzene rings is 2. The number of nitrogens with zero attached hydrogens (tertiary/aromatic N) is 1. The molecule has 0 fully saturated rings. The van der Waals surface area contributed by atoms with Gasteiger partial charge in [0.05, 0.1) is 33.3 Å². The number of rotatable bonds is 11. The van der Waals surface area contributed by atoms with E-state index >= 15 is 0 Å². The molecule has 2 aromatic carbocycles. The summed E-state index contributed by atoms with van der Waals surface area (Å²) < 4.78 is 91.7. The largest absolute Gasteiger partial charge is 0.748 e. The normalized spacial score (nSPS) is 13.4. The predicted octanol–water partition coefficient (Wildman–Crippen LogP) is 2.74. The minimum absolute atomic E-state index is 0.175. The molecular weight excluding hydrogens is 625 g/mol. The molecule has 0 aromatic heterocycles. The maximum absolute atomic E-state index is 12.8. The third-order valence-corrected chi connectivity index (χ3v) is 6.60. The summed E-state index contributed by atoms with van der Waals surface area (Å²) in [4.78, 5) is 12.8. The molecule has 43 heavy (non-hydrogen) atoms. The van der Waals surface area contributed by atoms with Crippen LogP contribution in [0.15, 0.2) is 73.0 Å². The van der Waals surface area contributed by atoms with Gasteiger partial charge in [-0.2, -0.15) is 4.58 Å². The van der Waals surface area contributed by atoms with Crippen molar-refractivity contribution in [3.05, 3.63) is 84.1 Å². The summed E-state index contributed by atoms with van der Waals surface area (Å²) in [6.07, 6.45) is 8.44. The first-order valence-corrected chi connectivity index (χ1v) is 16.3. The van der Waals surface area contributed by atoms with Crippen LogP contribution in [0, 0.1) is 0 Å². The van der Waals surface area contributed by atoms with Crippen molar-refractivity contribution in [1.82, 2.24) is 0 Å². The lowest BCUT2D eigenvalue weighted by Gasteiger charge is -2.18. The smallest absolute Gasteiger partial charge is 0.425 e. The number of hydrogen-bond donors (Lipinski definition) is 1. The summed E-state index contributed by atoms with van der Waals surface area (Å²) in [7, 11) is -10.5. The fraction of sp³-hybridized carbons (Fsp3) is 0.333. The molecule has 0 aliphatic carbocycles. The number of nitrogens with one attached hydrogen (secondary N) is 1. The molecule has 2 aromatic rings. The van der Waals surface area contributed by atoms with Gasteiger partial charge in [0, 0.05) is 36.2 Å². The summed E-state index contributed by atoms with van der Waals surface area (Å²) in [6.45, 7) is 6.66. The number of carbonyl (C=O) groups excluding carboxylic acids is 1. The Morgan fingerprint density at radius 1 is 0.977 bits per heavy atom. The summed E-state index contributed by atoms with van der Waals surface area (Å²) in [5.41, 5.74) is 3.45. The van der Waals surface area contributed by atoms with Crippen molar-refractivity contribution in [2.24, 2.45) is 0 Å². The Morgan fingerprint density at radius 3 is 2.14 bits per heavy atom. The molecule has 0 unspecified atom stereocenters. The molecule has 0 spiro atoms. The number of ether oxygens (including phenoxy) is 1. The molecule has 0 saturated carbocycles. The maximum Gasteiger partial charge on any atom is 0.425 e. The van der Waals surface area contributed by atoms with Gasteiger partial charge in [-0.3, -0.25) is 0 Å². The number of anilines is 1. The van der Waals surface area contributed by atoms with Crippen LogP contribution in [0.2, 0.25) is 0 Å². The van der Waals surface area contributed by atoms with Crippen molar-refractivity contribution in [3.63, 3.8) is 0 Å². The van der Waals surface area contributed by atoms with Gasteiger partial charge < -0.3 is 14.6 Å². The average molecular weight is 657 g/mol. The third kappa shape index (κ3) is 13.2. The van der Waals surface area contributed by atoms with Crippen molar-refractivity contribution >= 4 is 54.4 Å². The zero-order chi connectivity index (χ0) is 32.6. The Hall–Kier alpha value is -3.99. The molecule has 0 bridgehead atoms. The Kier molecular flexibility index (Phi) is 15.4. The maximum atomic E-state index is 12.8. The van der Waals surface area contributed by atoms with Gasteiger partial charge in [0.2, 0.25) is 5.69 Å². The summed E-state index contributed by atoms with van der Waals surface area (Å²) in [5.74, 6) is -0.828. The number of para-hydroxylation sites is 1. The first-order chi connectivity index (χ1) is 20.1. The monoisotopic (exact) mass is 656 g/mol. The number of esters is 1. The van der Waals surface area contributed by atoms with Gasteiger partial charge in [-0.25, -0.2) is 13.2 Å². The lowest BCUT2D eigenvalue weighted by atomic mass is 9.79. The van der Waals surface area contributed by atoms with Crippen LogP contribution in [-0.4, -0.2) is 73.4 Å². The molecule has 13 nitrogen and oxygen atoms in total. The van der Waals surface area contributed by atoms with Crippen LogP contribution < -0.4 is 5.32 Å². The van der Waals surface area contributed by atoms with Crippen molar-refractivity contribution < 1.29 is 52.3 Å². The minimum Gasteiger partial charge on any atom is -0.748 e. The molecule has 16 heteroatoms. The van der Waals surface area contributed by atoms with Crippen molar-refractivity contribution in [1.29, 1.82) is 0 Å². The van der Waals surface area contributed by atoms with E-state index in [9.17, 15) is 17.8 Å². The molecule has 1 heterocycles. The lowest BCUT2D eigenvalue weighted by molar-refractivity contribution is -0.437. The van der Waals surface area contributed by atoms with E-state index in [2.05, 4.69) is 5.32 Å². The van der Waals surface area contributed by atoms with Crippen LogP contribution in [0.1, 0.15) is 49.5 Å².